The van der Waals surface area contributed by atoms with Crippen LogP contribution >= 0.6 is 0 Å². The molecular weight excluding hydrogens is 124 g/mol. The summed E-state index contributed by atoms with van der Waals surface area (Å²) in [6.07, 6.45) is 3.90. The van der Waals surface area contributed by atoms with Gasteiger partial charge in [-0.25, -0.2) is 0 Å². The molecule has 0 aromatic carbocycles. The fourth-order valence-corrected chi connectivity index (χ4v) is 1.65. The molecule has 10 heavy (non-hydrogen) atoms. The Hall–Kier alpha value is -0.0800. The van der Waals surface area contributed by atoms with Crippen LogP contribution in [0, 0.1) is 5.92 Å². The summed E-state index contributed by atoms with van der Waals surface area (Å²) in [4.78, 5) is 0. The van der Waals surface area contributed by atoms with E-state index in [1.165, 1.54) is 19.3 Å². The Balaban J connectivity index is 2.15. The molecule has 1 aliphatic rings. The van der Waals surface area contributed by atoms with Gasteiger partial charge in [-0.2, -0.15) is 0 Å². The van der Waals surface area contributed by atoms with E-state index in [1.807, 2.05) is 0 Å². The molecule has 0 unspecified atom stereocenters. The summed E-state index contributed by atoms with van der Waals surface area (Å²) in [5, 5.41) is 3.48. The summed E-state index contributed by atoms with van der Waals surface area (Å²) < 4.78 is 0. The highest BCUT2D eigenvalue weighted by Gasteiger charge is 2.21. The molecule has 1 saturated heterocycles. The third-order valence-corrected chi connectivity index (χ3v) is 2.28. The second-order valence-electron chi connectivity index (χ2n) is 3.23. The van der Waals surface area contributed by atoms with E-state index in [4.69, 9.17) is 5.73 Å². The third-order valence-electron chi connectivity index (χ3n) is 2.28. The van der Waals surface area contributed by atoms with Gasteiger partial charge in [-0.05, 0) is 31.8 Å². The van der Waals surface area contributed by atoms with Crippen LogP contribution in [-0.2, 0) is 0 Å². The van der Waals surface area contributed by atoms with Crippen molar-refractivity contribution in [3.05, 3.63) is 0 Å². The zero-order valence-electron chi connectivity index (χ0n) is 6.77. The summed E-state index contributed by atoms with van der Waals surface area (Å²) in [6.45, 7) is 4.23. The SMILES string of the molecule is CCC[C@H]1C[C@@H](CN)CN1. The Kier molecular flexibility index (Phi) is 3.16. The van der Waals surface area contributed by atoms with Crippen LogP contribution in [-0.4, -0.2) is 19.1 Å². The van der Waals surface area contributed by atoms with E-state index >= 15 is 0 Å². The third kappa shape index (κ3) is 1.96. The highest BCUT2D eigenvalue weighted by molar-refractivity contribution is 4.81. The largest absolute Gasteiger partial charge is 0.330 e. The van der Waals surface area contributed by atoms with E-state index in [0.717, 1.165) is 25.0 Å². The zero-order valence-corrected chi connectivity index (χ0v) is 6.77. The average molecular weight is 142 g/mol. The van der Waals surface area contributed by atoms with Crippen LogP contribution in [0.3, 0.4) is 0 Å². The highest BCUT2D eigenvalue weighted by Crippen LogP contribution is 2.15. The van der Waals surface area contributed by atoms with Gasteiger partial charge in [0.1, 0.15) is 0 Å². The van der Waals surface area contributed by atoms with Crippen LogP contribution in [0.25, 0.3) is 0 Å². The van der Waals surface area contributed by atoms with Gasteiger partial charge in [0.2, 0.25) is 0 Å². The van der Waals surface area contributed by atoms with Gasteiger partial charge in [-0.3, -0.25) is 0 Å². The van der Waals surface area contributed by atoms with Crippen molar-refractivity contribution >= 4 is 0 Å². The molecule has 3 N–H and O–H groups in total. The lowest BCUT2D eigenvalue weighted by molar-refractivity contribution is 0.526. The Morgan fingerprint density at radius 1 is 1.60 bits per heavy atom. The first-order valence-corrected chi connectivity index (χ1v) is 4.30. The number of hydrogen-bond donors (Lipinski definition) is 2. The lowest BCUT2D eigenvalue weighted by atomic mass is 10.0. The second-order valence-corrected chi connectivity index (χ2v) is 3.23. The molecule has 0 aromatic heterocycles. The standard InChI is InChI=1S/C8H18N2/c1-2-3-8-4-7(5-9)6-10-8/h7-8,10H,2-6,9H2,1H3/t7-,8-/m0/s1. The van der Waals surface area contributed by atoms with E-state index in [0.29, 0.717) is 0 Å². The Morgan fingerprint density at radius 3 is 2.90 bits per heavy atom. The molecule has 2 heteroatoms. The number of nitrogens with two attached hydrogens (primary N) is 1. The summed E-state index contributed by atoms with van der Waals surface area (Å²) in [6, 6.07) is 0.763. The molecule has 0 spiro atoms. The van der Waals surface area contributed by atoms with Gasteiger partial charge in [0.05, 0.1) is 0 Å². The molecule has 0 amide bonds. The first-order chi connectivity index (χ1) is 4.86. The van der Waals surface area contributed by atoms with Crippen molar-refractivity contribution in [2.45, 2.75) is 32.2 Å². The highest BCUT2D eigenvalue weighted by atomic mass is 15.0. The van der Waals surface area contributed by atoms with Crippen LogP contribution in [0.1, 0.15) is 26.2 Å². The number of nitrogens with one attached hydrogen (secondary N) is 1. The first kappa shape index (κ1) is 8.02. The van der Waals surface area contributed by atoms with E-state index in [9.17, 15) is 0 Å². The Morgan fingerprint density at radius 2 is 2.40 bits per heavy atom. The van der Waals surface area contributed by atoms with Crippen LogP contribution in [0.5, 0.6) is 0 Å². The van der Waals surface area contributed by atoms with Gasteiger partial charge in [-0.15, -0.1) is 0 Å². The van der Waals surface area contributed by atoms with Crippen LogP contribution in [0.15, 0.2) is 0 Å². The van der Waals surface area contributed by atoms with Gasteiger partial charge in [0.25, 0.3) is 0 Å². The molecule has 1 fully saturated rings. The van der Waals surface area contributed by atoms with E-state index in [-0.39, 0.29) is 0 Å². The molecule has 0 radical (unpaired) electrons. The van der Waals surface area contributed by atoms with Crippen molar-refractivity contribution in [1.29, 1.82) is 0 Å². The van der Waals surface area contributed by atoms with Crippen LogP contribution < -0.4 is 11.1 Å². The van der Waals surface area contributed by atoms with Crippen molar-refractivity contribution in [1.82, 2.24) is 5.32 Å². The van der Waals surface area contributed by atoms with Crippen molar-refractivity contribution in [2.24, 2.45) is 11.7 Å². The van der Waals surface area contributed by atoms with E-state index < -0.39 is 0 Å². The maximum absolute atomic E-state index is 5.55. The van der Waals surface area contributed by atoms with Crippen molar-refractivity contribution < 1.29 is 0 Å². The monoisotopic (exact) mass is 142 g/mol. The lowest BCUT2D eigenvalue weighted by Crippen LogP contribution is -2.21. The van der Waals surface area contributed by atoms with Gasteiger partial charge >= 0.3 is 0 Å². The number of rotatable bonds is 3. The van der Waals surface area contributed by atoms with Gasteiger partial charge in [0.15, 0.2) is 0 Å². The normalized spacial score (nSPS) is 33.0. The molecule has 1 rings (SSSR count). The molecule has 0 aromatic rings. The second kappa shape index (κ2) is 3.94. The predicted octanol–water partition coefficient (Wildman–Crippen LogP) is 0.723. The Labute approximate surface area is 63.2 Å². The van der Waals surface area contributed by atoms with Crippen molar-refractivity contribution in [3.8, 4) is 0 Å². The maximum Gasteiger partial charge on any atom is 0.00706 e. The van der Waals surface area contributed by atoms with E-state index in [2.05, 4.69) is 12.2 Å². The fourth-order valence-electron chi connectivity index (χ4n) is 1.65. The maximum atomic E-state index is 5.55. The molecule has 60 valence electrons. The van der Waals surface area contributed by atoms with Crippen molar-refractivity contribution in [3.63, 3.8) is 0 Å². The van der Waals surface area contributed by atoms with E-state index in [1.54, 1.807) is 0 Å². The molecule has 0 aliphatic carbocycles. The summed E-state index contributed by atoms with van der Waals surface area (Å²) >= 11 is 0. The smallest absolute Gasteiger partial charge is 0.00706 e. The quantitative estimate of drug-likeness (QED) is 0.609. The molecule has 2 nitrogen and oxygen atoms in total. The zero-order chi connectivity index (χ0) is 7.40. The molecule has 0 saturated carbocycles. The van der Waals surface area contributed by atoms with Crippen LogP contribution in [0.4, 0.5) is 0 Å². The molecular formula is C8H18N2. The lowest BCUT2D eigenvalue weighted by Gasteiger charge is -2.06. The molecule has 0 bridgehead atoms. The molecule has 1 heterocycles. The van der Waals surface area contributed by atoms with Gasteiger partial charge in [-0.1, -0.05) is 13.3 Å². The predicted molar refractivity (Wildman–Crippen MR) is 43.9 cm³/mol. The minimum absolute atomic E-state index is 0.747. The summed E-state index contributed by atoms with van der Waals surface area (Å²) in [7, 11) is 0. The van der Waals surface area contributed by atoms with Crippen molar-refractivity contribution in [2.75, 3.05) is 13.1 Å². The fraction of sp³-hybridized carbons (Fsp3) is 1.00. The first-order valence-electron chi connectivity index (χ1n) is 4.30. The van der Waals surface area contributed by atoms with Gasteiger partial charge < -0.3 is 11.1 Å². The minimum atomic E-state index is 0.747. The van der Waals surface area contributed by atoms with Gasteiger partial charge in [0, 0.05) is 6.04 Å². The summed E-state index contributed by atoms with van der Waals surface area (Å²) in [5.74, 6) is 0.747. The summed E-state index contributed by atoms with van der Waals surface area (Å²) in [5.41, 5.74) is 5.55. The number of hydrogen-bond acceptors (Lipinski definition) is 2. The minimum Gasteiger partial charge on any atom is -0.330 e. The Bertz CT molecular complexity index is 93.3. The average Bonchev–Trinajstić information content (AvgIpc) is 2.37. The molecule has 2 atom stereocenters. The van der Waals surface area contributed by atoms with Crippen LogP contribution in [0.2, 0.25) is 0 Å². The molecule has 1 aliphatic heterocycles. The topological polar surface area (TPSA) is 38.0 Å².